The predicted octanol–water partition coefficient (Wildman–Crippen LogP) is 2.57. The highest BCUT2D eigenvalue weighted by molar-refractivity contribution is 8.01. The lowest BCUT2D eigenvalue weighted by molar-refractivity contribution is -0.137. The van der Waals surface area contributed by atoms with Crippen LogP contribution < -0.4 is 10.5 Å². The van der Waals surface area contributed by atoms with Gasteiger partial charge in [0.05, 0.1) is 35.2 Å². The minimum Gasteiger partial charge on any atom is -0.496 e. The van der Waals surface area contributed by atoms with E-state index in [9.17, 15) is 9.59 Å². The van der Waals surface area contributed by atoms with E-state index in [1.807, 2.05) is 47.9 Å². The molecule has 0 bridgehead atoms. The van der Waals surface area contributed by atoms with Crippen LogP contribution in [0.25, 0.3) is 0 Å². The van der Waals surface area contributed by atoms with Gasteiger partial charge < -0.3 is 25.2 Å². The number of ether oxygens (including phenoxy) is 1. The molecule has 4 rings (SSSR count). The number of benzene rings is 1. The second kappa shape index (κ2) is 8.92. The van der Waals surface area contributed by atoms with Crippen molar-refractivity contribution in [2.45, 2.75) is 34.4 Å². The highest BCUT2D eigenvalue weighted by atomic mass is 32.2. The monoisotopic (exact) mass is 475 g/mol. The van der Waals surface area contributed by atoms with E-state index in [1.54, 1.807) is 25.1 Å². The lowest BCUT2D eigenvalue weighted by Crippen LogP contribution is -2.59. The fourth-order valence-corrected chi connectivity index (χ4v) is 6.00. The van der Waals surface area contributed by atoms with E-state index < -0.39 is 0 Å². The Balaban J connectivity index is 1.55. The highest BCUT2D eigenvalue weighted by Crippen LogP contribution is 2.45. The van der Waals surface area contributed by atoms with Crippen molar-refractivity contribution < 1.29 is 14.3 Å². The van der Waals surface area contributed by atoms with Crippen molar-refractivity contribution in [2.75, 3.05) is 53.1 Å². The van der Waals surface area contributed by atoms with Crippen LogP contribution in [0.2, 0.25) is 0 Å². The van der Waals surface area contributed by atoms with E-state index in [1.165, 1.54) is 11.3 Å². The van der Waals surface area contributed by atoms with Gasteiger partial charge in [-0.25, -0.2) is 4.98 Å². The van der Waals surface area contributed by atoms with Crippen LogP contribution in [-0.4, -0.2) is 84.4 Å². The molecule has 8 nitrogen and oxygen atoms in total. The zero-order valence-electron chi connectivity index (χ0n) is 18.9. The van der Waals surface area contributed by atoms with Gasteiger partial charge in [-0.05, 0) is 51.6 Å². The van der Waals surface area contributed by atoms with Crippen molar-refractivity contribution >= 4 is 40.0 Å². The van der Waals surface area contributed by atoms with E-state index in [0.717, 1.165) is 27.5 Å². The Morgan fingerprint density at radius 1 is 1.31 bits per heavy atom. The maximum atomic E-state index is 13.6. The molecule has 1 saturated carbocycles. The highest BCUT2D eigenvalue weighted by Gasteiger charge is 2.53. The molecule has 2 aromatic rings. The Labute approximate surface area is 196 Å². The Bertz CT molecular complexity index is 1030. The number of carbonyl (C=O) groups is 2. The molecule has 10 heteroatoms. The molecule has 1 aromatic heterocycles. The molecule has 1 spiro atoms. The number of amides is 2. The summed E-state index contributed by atoms with van der Waals surface area (Å²) in [5.41, 5.74) is 7.12. The van der Waals surface area contributed by atoms with Gasteiger partial charge in [0.1, 0.15) is 5.75 Å². The minimum atomic E-state index is -0.212. The van der Waals surface area contributed by atoms with Crippen molar-refractivity contribution in [1.29, 1.82) is 0 Å². The molecule has 1 aromatic carbocycles. The van der Waals surface area contributed by atoms with Crippen LogP contribution in [0, 0.1) is 6.92 Å². The first kappa shape index (κ1) is 22.9. The molecule has 172 valence electrons. The van der Waals surface area contributed by atoms with Crippen LogP contribution >= 0.6 is 23.1 Å². The summed E-state index contributed by atoms with van der Waals surface area (Å²) in [5.74, 6) is 0.644. The molecular weight excluding hydrogens is 446 g/mol. The van der Waals surface area contributed by atoms with E-state index in [4.69, 9.17) is 10.5 Å². The van der Waals surface area contributed by atoms with E-state index in [2.05, 4.69) is 4.98 Å². The van der Waals surface area contributed by atoms with Crippen LogP contribution in [0.1, 0.15) is 28.8 Å². The number of carbonyl (C=O) groups excluding carboxylic acids is 2. The first-order valence-corrected chi connectivity index (χ1v) is 12.2. The Kier molecular flexibility index (Phi) is 6.37. The number of thiazole rings is 1. The Morgan fingerprint density at radius 3 is 2.66 bits per heavy atom. The lowest BCUT2D eigenvalue weighted by Gasteiger charge is -2.42. The third-order valence-electron chi connectivity index (χ3n) is 5.96. The predicted molar refractivity (Wildman–Crippen MR) is 127 cm³/mol. The van der Waals surface area contributed by atoms with Gasteiger partial charge in [0.2, 0.25) is 5.91 Å². The quantitative estimate of drug-likeness (QED) is 0.686. The summed E-state index contributed by atoms with van der Waals surface area (Å²) in [6.45, 7) is 4.04. The lowest BCUT2D eigenvalue weighted by atomic mass is 10.1. The number of hydrogen-bond donors (Lipinski definition) is 1. The molecule has 0 unspecified atom stereocenters. The van der Waals surface area contributed by atoms with Crippen molar-refractivity contribution in [2.24, 2.45) is 0 Å². The van der Waals surface area contributed by atoms with Gasteiger partial charge in [-0.2, -0.15) is 0 Å². The Morgan fingerprint density at radius 2 is 2.06 bits per heavy atom. The number of hydrogen-bond acceptors (Lipinski definition) is 8. The number of aromatic nitrogens is 1. The maximum Gasteiger partial charge on any atom is 0.257 e. The molecule has 2 heterocycles. The molecule has 2 fully saturated rings. The molecule has 1 aliphatic heterocycles. The zero-order valence-corrected chi connectivity index (χ0v) is 20.5. The van der Waals surface area contributed by atoms with Crippen molar-refractivity contribution in [3.8, 4) is 5.75 Å². The summed E-state index contributed by atoms with van der Waals surface area (Å²) in [4.78, 5) is 37.1. The molecule has 2 aliphatic rings. The zero-order chi connectivity index (χ0) is 23.0. The van der Waals surface area contributed by atoms with E-state index >= 15 is 0 Å². The van der Waals surface area contributed by atoms with Gasteiger partial charge in [0, 0.05) is 24.5 Å². The number of piperazine rings is 1. The second-order valence-electron chi connectivity index (χ2n) is 8.67. The van der Waals surface area contributed by atoms with Crippen molar-refractivity contribution in [3.63, 3.8) is 0 Å². The summed E-state index contributed by atoms with van der Waals surface area (Å²) in [5, 5.41) is 0.520. The number of methoxy groups -OCH3 is 1. The van der Waals surface area contributed by atoms with Crippen LogP contribution in [0.5, 0.6) is 5.75 Å². The molecule has 1 aliphatic carbocycles. The van der Waals surface area contributed by atoms with Gasteiger partial charge >= 0.3 is 0 Å². The van der Waals surface area contributed by atoms with Crippen LogP contribution in [-0.2, 0) is 4.79 Å². The summed E-state index contributed by atoms with van der Waals surface area (Å²) < 4.78 is 6.53. The topological polar surface area (TPSA) is 92.0 Å². The summed E-state index contributed by atoms with van der Waals surface area (Å²) >= 11 is 2.97. The van der Waals surface area contributed by atoms with Crippen LogP contribution in [0.3, 0.4) is 0 Å². The fraction of sp³-hybridized carbons (Fsp3) is 0.500. The average Bonchev–Trinajstić information content (AvgIpc) is 3.37. The first-order valence-electron chi connectivity index (χ1n) is 10.5. The SMILES string of the molecule is COc1cc(C)c(Sc2cnc(N)s2)cc1C(=O)N1CCN(C(=O)CN(C)C)C2(CC2)C1. The number of rotatable bonds is 6. The van der Waals surface area contributed by atoms with Gasteiger partial charge in [-0.15, -0.1) is 0 Å². The number of anilines is 1. The summed E-state index contributed by atoms with van der Waals surface area (Å²) in [6.07, 6.45) is 3.63. The maximum absolute atomic E-state index is 13.6. The Hall–Kier alpha value is -2.30. The third kappa shape index (κ3) is 4.57. The summed E-state index contributed by atoms with van der Waals surface area (Å²) in [7, 11) is 5.39. The van der Waals surface area contributed by atoms with Crippen LogP contribution in [0.4, 0.5) is 5.13 Å². The second-order valence-corrected chi connectivity index (χ2v) is 11.1. The molecular formula is C22H29N5O3S2. The number of nitrogen functional groups attached to an aromatic ring is 1. The first-order chi connectivity index (χ1) is 15.2. The van der Waals surface area contributed by atoms with Gasteiger partial charge in [-0.3, -0.25) is 9.59 Å². The van der Waals surface area contributed by atoms with Crippen molar-refractivity contribution in [1.82, 2.24) is 19.7 Å². The fourth-order valence-electron chi connectivity index (χ4n) is 4.17. The summed E-state index contributed by atoms with van der Waals surface area (Å²) in [6, 6.07) is 3.81. The van der Waals surface area contributed by atoms with Gasteiger partial charge in [0.25, 0.3) is 5.91 Å². The number of nitrogens with zero attached hydrogens (tertiary/aromatic N) is 4. The van der Waals surface area contributed by atoms with Crippen LogP contribution in [0.15, 0.2) is 27.4 Å². The third-order valence-corrected chi connectivity index (χ3v) is 8.05. The normalized spacial score (nSPS) is 17.2. The van der Waals surface area contributed by atoms with E-state index in [-0.39, 0.29) is 17.4 Å². The van der Waals surface area contributed by atoms with Crippen molar-refractivity contribution in [3.05, 3.63) is 29.5 Å². The standard InChI is InChI=1S/C22H29N5O3S2/c1-14-9-16(30-4)15(10-17(14)31-19-11-24-21(23)32-19)20(29)26-7-8-27(18(28)12-25(2)3)22(13-26)5-6-22/h9-11H,5-8,12-13H2,1-4H3,(H2,23,24). The number of nitrogens with two attached hydrogens (primary N) is 1. The van der Waals surface area contributed by atoms with E-state index in [0.29, 0.717) is 42.6 Å². The minimum absolute atomic E-state index is 0.0569. The molecule has 2 N–H and O–H groups in total. The molecule has 32 heavy (non-hydrogen) atoms. The average molecular weight is 476 g/mol. The number of likely N-dealkylation sites (N-methyl/N-ethyl adjacent to an activating group) is 1. The number of aryl methyl sites for hydroxylation is 1. The largest absolute Gasteiger partial charge is 0.496 e. The molecule has 1 saturated heterocycles. The molecule has 0 radical (unpaired) electrons. The smallest absolute Gasteiger partial charge is 0.257 e. The molecule has 0 atom stereocenters. The van der Waals surface area contributed by atoms with Gasteiger partial charge in [0.15, 0.2) is 5.13 Å². The molecule has 2 amide bonds. The van der Waals surface area contributed by atoms with Gasteiger partial charge in [-0.1, -0.05) is 23.1 Å².